The van der Waals surface area contributed by atoms with Crippen LogP contribution in [0.4, 0.5) is 0 Å². The van der Waals surface area contributed by atoms with Gasteiger partial charge in [0.2, 0.25) is 0 Å². The number of carbonyl (C=O) groups excluding carboxylic acids is 4. The van der Waals surface area contributed by atoms with Gasteiger partial charge < -0.3 is 33.8 Å². The number of phosphoric acid groups is 2. The molecule has 0 aromatic carbocycles. The van der Waals surface area contributed by atoms with Crippen LogP contribution in [0.25, 0.3) is 0 Å². The van der Waals surface area contributed by atoms with Gasteiger partial charge in [-0.05, 0) is 43.4 Å². The molecule has 98 heavy (non-hydrogen) atoms. The van der Waals surface area contributed by atoms with Crippen LogP contribution in [-0.4, -0.2) is 96.7 Å². The lowest BCUT2D eigenvalue weighted by Gasteiger charge is -2.21. The van der Waals surface area contributed by atoms with Crippen molar-refractivity contribution >= 4 is 39.5 Å². The van der Waals surface area contributed by atoms with Crippen molar-refractivity contribution in [3.8, 4) is 0 Å². The molecule has 0 amide bonds. The summed E-state index contributed by atoms with van der Waals surface area (Å²) >= 11 is 0. The summed E-state index contributed by atoms with van der Waals surface area (Å²) in [4.78, 5) is 72.9. The first-order chi connectivity index (χ1) is 47.3. The third kappa shape index (κ3) is 69.8. The van der Waals surface area contributed by atoms with E-state index in [0.29, 0.717) is 25.7 Å². The first-order valence-electron chi connectivity index (χ1n) is 40.9. The van der Waals surface area contributed by atoms with E-state index in [0.717, 1.165) is 114 Å². The molecule has 3 N–H and O–H groups in total. The fraction of sp³-hybridized carbons (Fsp3) is 0.949. The number of esters is 4. The van der Waals surface area contributed by atoms with Gasteiger partial charge in [-0.1, -0.05) is 357 Å². The maximum absolute atomic E-state index is 13.1. The van der Waals surface area contributed by atoms with E-state index in [2.05, 4.69) is 48.5 Å². The maximum Gasteiger partial charge on any atom is 0.472 e. The number of phosphoric ester groups is 2. The number of aliphatic hydroxyl groups is 1. The molecule has 0 fully saturated rings. The minimum atomic E-state index is -4.96. The summed E-state index contributed by atoms with van der Waals surface area (Å²) in [7, 11) is -9.92. The minimum Gasteiger partial charge on any atom is -0.462 e. The summed E-state index contributed by atoms with van der Waals surface area (Å²) in [6.45, 7) is 11.9. The maximum atomic E-state index is 13.1. The van der Waals surface area contributed by atoms with Gasteiger partial charge in [-0.15, -0.1) is 0 Å². The molecule has 7 atom stereocenters. The Morgan fingerprint density at radius 3 is 0.776 bits per heavy atom. The zero-order valence-corrected chi connectivity index (χ0v) is 66.0. The standard InChI is InChI=1S/C79H154O17P2/c1-8-11-12-13-14-15-16-17-22-26-29-32-38-46-53-60-76(81)89-66-74(95-78(83)62-55-48-39-33-30-27-24-21-19-18-20-23-25-28-31-36-43-50-57-70(4)5)68-93-97(85,86)91-64-73(80)65-92-98(87,88)94-69-75(67-90-77(82)61-54-47-42-41-45-52-59-72(7)10-3)96-79(84)63-56-49-40-35-34-37-44-51-58-71(6)9-2/h70-75,80H,8-69H2,1-7H3,(H,85,86)(H,87,88)/t71?,72?,73-,74-,75-/m1/s1. The van der Waals surface area contributed by atoms with Gasteiger partial charge in [-0.25, -0.2) is 9.13 Å². The van der Waals surface area contributed by atoms with Gasteiger partial charge >= 0.3 is 39.5 Å². The van der Waals surface area contributed by atoms with Crippen LogP contribution in [0.15, 0.2) is 0 Å². The number of unbranched alkanes of at least 4 members (excludes halogenated alkanes) is 43. The summed E-state index contributed by atoms with van der Waals surface area (Å²) in [5, 5.41) is 10.6. The third-order valence-corrected chi connectivity index (χ3v) is 21.0. The Hall–Kier alpha value is -1.94. The molecule has 0 aliphatic carbocycles. The first kappa shape index (κ1) is 96.1. The van der Waals surface area contributed by atoms with Crippen LogP contribution in [-0.2, 0) is 65.4 Å². The lowest BCUT2D eigenvalue weighted by atomic mass is 9.99. The van der Waals surface area contributed by atoms with Crippen LogP contribution < -0.4 is 0 Å². The molecule has 0 saturated heterocycles. The monoisotopic (exact) mass is 1440 g/mol. The van der Waals surface area contributed by atoms with Crippen molar-refractivity contribution in [2.24, 2.45) is 17.8 Å². The van der Waals surface area contributed by atoms with Crippen LogP contribution in [0.3, 0.4) is 0 Å². The van der Waals surface area contributed by atoms with Gasteiger partial charge in [0.05, 0.1) is 26.4 Å². The zero-order valence-electron chi connectivity index (χ0n) is 64.3. The Bertz CT molecular complexity index is 1910. The summed E-state index contributed by atoms with van der Waals surface area (Å²) in [6.07, 6.45) is 56.9. The molecular formula is C79H154O17P2. The molecule has 0 radical (unpaired) electrons. The van der Waals surface area contributed by atoms with Crippen LogP contribution in [0.2, 0.25) is 0 Å². The normalized spacial score (nSPS) is 14.6. The van der Waals surface area contributed by atoms with Crippen LogP contribution in [0.1, 0.15) is 408 Å². The number of aliphatic hydroxyl groups excluding tert-OH is 1. The number of carbonyl (C=O) groups is 4. The van der Waals surface area contributed by atoms with E-state index in [-0.39, 0.29) is 25.7 Å². The zero-order chi connectivity index (χ0) is 72.3. The predicted molar refractivity (Wildman–Crippen MR) is 400 cm³/mol. The van der Waals surface area contributed by atoms with Gasteiger partial charge in [-0.2, -0.15) is 0 Å². The molecule has 19 heteroatoms. The van der Waals surface area contributed by atoms with E-state index >= 15 is 0 Å². The second-order valence-corrected chi connectivity index (χ2v) is 32.3. The smallest absolute Gasteiger partial charge is 0.462 e. The van der Waals surface area contributed by atoms with Crippen molar-refractivity contribution in [1.82, 2.24) is 0 Å². The lowest BCUT2D eigenvalue weighted by Crippen LogP contribution is -2.30. The fourth-order valence-electron chi connectivity index (χ4n) is 12.1. The highest BCUT2D eigenvalue weighted by Crippen LogP contribution is 2.45. The summed E-state index contributed by atoms with van der Waals surface area (Å²) in [5.74, 6) is 0.205. The molecule has 4 unspecified atom stereocenters. The SMILES string of the molecule is CCCCCCCCCCCCCCCCCC(=O)OC[C@H](COP(=O)(O)OC[C@@H](O)COP(=O)(O)OC[C@@H](COC(=O)CCCCCCCCC(C)CC)OC(=O)CCCCCCCCCCC(C)CC)OC(=O)CCCCCCCCCCCCCCCCCCCCC(C)C. The summed E-state index contributed by atoms with van der Waals surface area (Å²) < 4.78 is 68.6. The molecule has 0 aliphatic rings. The first-order valence-corrected chi connectivity index (χ1v) is 43.9. The second kappa shape index (κ2) is 69.4. The average molecular weight is 1440 g/mol. The number of hydrogen-bond acceptors (Lipinski definition) is 15. The van der Waals surface area contributed by atoms with Crippen molar-refractivity contribution < 1.29 is 80.2 Å². The quantitative estimate of drug-likeness (QED) is 0.0222. The molecule has 582 valence electrons. The molecule has 0 spiro atoms. The van der Waals surface area contributed by atoms with Crippen molar-refractivity contribution in [3.63, 3.8) is 0 Å². The Balaban J connectivity index is 5.22. The van der Waals surface area contributed by atoms with Crippen LogP contribution in [0, 0.1) is 17.8 Å². The van der Waals surface area contributed by atoms with Crippen molar-refractivity contribution in [2.75, 3.05) is 39.6 Å². The molecule has 0 aliphatic heterocycles. The Labute approximate surface area is 600 Å². The Kier molecular flexibility index (Phi) is 68.1. The van der Waals surface area contributed by atoms with Gasteiger partial charge in [0, 0.05) is 25.7 Å². The number of hydrogen-bond donors (Lipinski definition) is 3. The molecule has 0 bridgehead atoms. The van der Waals surface area contributed by atoms with Gasteiger partial charge in [-0.3, -0.25) is 37.3 Å². The predicted octanol–water partition coefficient (Wildman–Crippen LogP) is 23.4. The molecule has 0 aromatic rings. The molecule has 0 aromatic heterocycles. The van der Waals surface area contributed by atoms with E-state index in [1.54, 1.807) is 0 Å². The van der Waals surface area contributed by atoms with E-state index in [9.17, 15) is 43.2 Å². The average Bonchev–Trinajstić information content (AvgIpc) is 0.977. The van der Waals surface area contributed by atoms with Crippen molar-refractivity contribution in [1.29, 1.82) is 0 Å². The third-order valence-electron chi connectivity index (χ3n) is 19.1. The minimum absolute atomic E-state index is 0.104. The summed E-state index contributed by atoms with van der Waals surface area (Å²) in [5.41, 5.74) is 0. The Morgan fingerprint density at radius 2 is 0.520 bits per heavy atom. The second-order valence-electron chi connectivity index (χ2n) is 29.4. The van der Waals surface area contributed by atoms with Gasteiger partial charge in [0.15, 0.2) is 12.2 Å². The number of rotatable bonds is 77. The van der Waals surface area contributed by atoms with E-state index < -0.39 is 97.5 Å². The summed E-state index contributed by atoms with van der Waals surface area (Å²) in [6, 6.07) is 0. The topological polar surface area (TPSA) is 237 Å². The number of ether oxygens (including phenoxy) is 4. The van der Waals surface area contributed by atoms with Crippen molar-refractivity contribution in [3.05, 3.63) is 0 Å². The molecule has 0 saturated carbocycles. The lowest BCUT2D eigenvalue weighted by molar-refractivity contribution is -0.161. The highest BCUT2D eigenvalue weighted by molar-refractivity contribution is 7.47. The van der Waals surface area contributed by atoms with E-state index in [1.165, 1.54) is 212 Å². The van der Waals surface area contributed by atoms with Gasteiger partial charge in [0.25, 0.3) is 0 Å². The highest BCUT2D eigenvalue weighted by Gasteiger charge is 2.30. The largest absolute Gasteiger partial charge is 0.472 e. The molecule has 17 nitrogen and oxygen atoms in total. The Morgan fingerprint density at radius 1 is 0.296 bits per heavy atom. The van der Waals surface area contributed by atoms with E-state index in [4.69, 9.17) is 37.0 Å². The van der Waals surface area contributed by atoms with Crippen molar-refractivity contribution in [2.45, 2.75) is 426 Å². The van der Waals surface area contributed by atoms with E-state index in [1.807, 2.05) is 0 Å². The molecule has 0 heterocycles. The fourth-order valence-corrected chi connectivity index (χ4v) is 13.6. The molecule has 0 rings (SSSR count). The van der Waals surface area contributed by atoms with Crippen LogP contribution in [0.5, 0.6) is 0 Å². The van der Waals surface area contributed by atoms with Crippen LogP contribution >= 0.6 is 15.6 Å². The highest BCUT2D eigenvalue weighted by atomic mass is 31.2. The molecular weight excluding hydrogens is 1280 g/mol. The van der Waals surface area contributed by atoms with Gasteiger partial charge in [0.1, 0.15) is 19.3 Å².